The molecular formula is C15H19N3O2. The van der Waals surface area contributed by atoms with E-state index in [9.17, 15) is 4.79 Å². The first-order valence-corrected chi connectivity index (χ1v) is 6.64. The van der Waals surface area contributed by atoms with E-state index in [1.807, 2.05) is 24.3 Å². The second-order valence-electron chi connectivity index (χ2n) is 4.61. The summed E-state index contributed by atoms with van der Waals surface area (Å²) in [5.41, 5.74) is 7.33. The molecule has 1 aromatic heterocycles. The van der Waals surface area contributed by atoms with E-state index in [4.69, 9.17) is 10.5 Å². The van der Waals surface area contributed by atoms with Gasteiger partial charge in [-0.05, 0) is 31.0 Å². The maximum absolute atomic E-state index is 11.6. The van der Waals surface area contributed by atoms with Gasteiger partial charge in [-0.3, -0.25) is 9.36 Å². The molecule has 2 N–H and O–H groups in total. The van der Waals surface area contributed by atoms with E-state index in [2.05, 4.69) is 4.98 Å². The van der Waals surface area contributed by atoms with Gasteiger partial charge < -0.3 is 10.5 Å². The highest BCUT2D eigenvalue weighted by Gasteiger charge is 1.98. The normalized spacial score (nSPS) is 10.5. The van der Waals surface area contributed by atoms with Gasteiger partial charge in [0.1, 0.15) is 5.75 Å². The maximum atomic E-state index is 11.6. The fourth-order valence-electron chi connectivity index (χ4n) is 1.83. The number of nitrogens with two attached hydrogens (primary N) is 1. The Hall–Kier alpha value is -2.14. The molecule has 1 aromatic carbocycles. The van der Waals surface area contributed by atoms with Crippen molar-refractivity contribution in [2.45, 2.75) is 26.4 Å². The van der Waals surface area contributed by atoms with E-state index in [1.54, 1.807) is 17.8 Å². The number of benzene rings is 1. The van der Waals surface area contributed by atoms with Crippen molar-refractivity contribution in [1.29, 1.82) is 0 Å². The van der Waals surface area contributed by atoms with Crippen LogP contribution in [-0.4, -0.2) is 16.2 Å². The summed E-state index contributed by atoms with van der Waals surface area (Å²) in [4.78, 5) is 15.8. The van der Waals surface area contributed by atoms with E-state index in [1.165, 1.54) is 6.07 Å². The molecule has 0 saturated heterocycles. The number of rotatable bonds is 6. The van der Waals surface area contributed by atoms with Crippen LogP contribution in [0.1, 0.15) is 17.7 Å². The smallest absolute Gasteiger partial charge is 0.253 e. The van der Waals surface area contributed by atoms with Crippen LogP contribution < -0.4 is 16.0 Å². The molecule has 0 saturated carbocycles. The highest BCUT2D eigenvalue weighted by molar-refractivity contribution is 5.26. The Morgan fingerprint density at radius 3 is 2.70 bits per heavy atom. The maximum Gasteiger partial charge on any atom is 0.253 e. The first kappa shape index (κ1) is 14.3. The van der Waals surface area contributed by atoms with Crippen molar-refractivity contribution in [2.75, 3.05) is 6.61 Å². The van der Waals surface area contributed by atoms with Crippen molar-refractivity contribution < 1.29 is 4.74 Å². The summed E-state index contributed by atoms with van der Waals surface area (Å²) in [7, 11) is 0. The topological polar surface area (TPSA) is 70.1 Å². The van der Waals surface area contributed by atoms with Crippen molar-refractivity contribution in [3.63, 3.8) is 0 Å². The predicted octanol–water partition coefficient (Wildman–Crippen LogP) is 1.48. The second-order valence-corrected chi connectivity index (χ2v) is 4.61. The Bertz CT molecular complexity index is 605. The summed E-state index contributed by atoms with van der Waals surface area (Å²) in [6.45, 7) is 3.50. The highest BCUT2D eigenvalue weighted by atomic mass is 16.5. The molecule has 0 fully saturated rings. The summed E-state index contributed by atoms with van der Waals surface area (Å²) >= 11 is 0. The highest BCUT2D eigenvalue weighted by Crippen LogP contribution is 2.11. The zero-order chi connectivity index (χ0) is 14.4. The van der Waals surface area contributed by atoms with Gasteiger partial charge >= 0.3 is 0 Å². The van der Waals surface area contributed by atoms with Gasteiger partial charge in [-0.15, -0.1) is 0 Å². The van der Waals surface area contributed by atoms with Gasteiger partial charge in [-0.25, -0.2) is 4.98 Å². The first-order valence-electron chi connectivity index (χ1n) is 6.64. The Labute approximate surface area is 118 Å². The fourth-order valence-corrected chi connectivity index (χ4v) is 1.83. The van der Waals surface area contributed by atoms with Crippen molar-refractivity contribution >= 4 is 0 Å². The van der Waals surface area contributed by atoms with Crippen molar-refractivity contribution in [3.05, 3.63) is 58.3 Å². The molecule has 2 rings (SSSR count). The summed E-state index contributed by atoms with van der Waals surface area (Å²) in [6.07, 6.45) is 2.33. The summed E-state index contributed by atoms with van der Waals surface area (Å²) in [5.74, 6) is 0.816. The van der Waals surface area contributed by atoms with Gasteiger partial charge in [0.15, 0.2) is 0 Å². The van der Waals surface area contributed by atoms with Crippen molar-refractivity contribution in [1.82, 2.24) is 9.55 Å². The van der Waals surface area contributed by atoms with Crippen LogP contribution in [0.2, 0.25) is 0 Å². The Kier molecular flexibility index (Phi) is 4.90. The summed E-state index contributed by atoms with van der Waals surface area (Å²) < 4.78 is 7.21. The summed E-state index contributed by atoms with van der Waals surface area (Å²) in [6, 6.07) is 9.24. The van der Waals surface area contributed by atoms with Crippen molar-refractivity contribution in [3.8, 4) is 5.75 Å². The van der Waals surface area contributed by atoms with Gasteiger partial charge in [0.2, 0.25) is 0 Å². The lowest BCUT2D eigenvalue weighted by Gasteiger charge is -2.08. The minimum atomic E-state index is -0.0233. The molecule has 20 heavy (non-hydrogen) atoms. The number of nitrogens with zero attached hydrogens (tertiary/aromatic N) is 2. The SMILES string of the molecule is Cc1cc(=O)n(CCCOc2ccc(CN)cc2)cn1. The molecule has 2 aromatic rings. The molecule has 0 atom stereocenters. The second kappa shape index (κ2) is 6.86. The molecule has 1 heterocycles. The molecule has 0 aliphatic carbocycles. The molecule has 5 nitrogen and oxygen atoms in total. The molecule has 0 aliphatic rings. The molecule has 5 heteroatoms. The standard InChI is InChI=1S/C15H19N3O2/c1-12-9-15(19)18(11-17-12)7-2-8-20-14-5-3-13(10-16)4-6-14/h3-6,9,11H,2,7-8,10,16H2,1H3. The van der Waals surface area contributed by atoms with Crippen LogP contribution in [0.5, 0.6) is 5.75 Å². The molecule has 106 valence electrons. The third kappa shape index (κ3) is 3.93. The van der Waals surface area contributed by atoms with Crippen LogP contribution in [0.3, 0.4) is 0 Å². The van der Waals surface area contributed by atoms with Gasteiger partial charge in [0.05, 0.1) is 12.9 Å². The van der Waals surface area contributed by atoms with Crippen LogP contribution in [-0.2, 0) is 13.1 Å². The lowest BCUT2D eigenvalue weighted by atomic mass is 10.2. The lowest BCUT2D eigenvalue weighted by molar-refractivity contribution is 0.300. The van der Waals surface area contributed by atoms with Gasteiger partial charge in [0.25, 0.3) is 5.56 Å². The molecular weight excluding hydrogens is 254 g/mol. The van der Waals surface area contributed by atoms with Crippen LogP contribution in [0.4, 0.5) is 0 Å². The summed E-state index contributed by atoms with van der Waals surface area (Å²) in [5, 5.41) is 0. The fraction of sp³-hybridized carbons (Fsp3) is 0.333. The van der Waals surface area contributed by atoms with Crippen LogP contribution >= 0.6 is 0 Å². The van der Waals surface area contributed by atoms with Gasteiger partial charge in [-0.2, -0.15) is 0 Å². The number of hydrogen-bond acceptors (Lipinski definition) is 4. The van der Waals surface area contributed by atoms with Gasteiger partial charge in [0, 0.05) is 24.8 Å². The quantitative estimate of drug-likeness (QED) is 0.809. The zero-order valence-electron chi connectivity index (χ0n) is 11.6. The van der Waals surface area contributed by atoms with E-state index in [0.717, 1.165) is 23.4 Å². The third-order valence-corrected chi connectivity index (χ3v) is 2.99. The van der Waals surface area contributed by atoms with Crippen molar-refractivity contribution in [2.24, 2.45) is 5.73 Å². The molecule has 0 bridgehead atoms. The number of aromatic nitrogens is 2. The molecule has 0 spiro atoms. The lowest BCUT2D eigenvalue weighted by Crippen LogP contribution is -2.21. The Balaban J connectivity index is 1.79. The minimum Gasteiger partial charge on any atom is -0.494 e. The van der Waals surface area contributed by atoms with Crippen LogP contribution in [0, 0.1) is 6.92 Å². The average molecular weight is 273 g/mol. The molecule has 0 amide bonds. The van der Waals surface area contributed by atoms with Crippen LogP contribution in [0.15, 0.2) is 41.5 Å². The van der Waals surface area contributed by atoms with E-state index in [0.29, 0.717) is 19.7 Å². The first-order chi connectivity index (χ1) is 9.69. The van der Waals surface area contributed by atoms with E-state index in [-0.39, 0.29) is 5.56 Å². The molecule has 0 radical (unpaired) electrons. The average Bonchev–Trinajstić information content (AvgIpc) is 2.46. The minimum absolute atomic E-state index is 0.0233. The Morgan fingerprint density at radius 2 is 2.05 bits per heavy atom. The third-order valence-electron chi connectivity index (χ3n) is 2.99. The van der Waals surface area contributed by atoms with Crippen LogP contribution in [0.25, 0.3) is 0 Å². The monoisotopic (exact) mass is 273 g/mol. The number of ether oxygens (including phenoxy) is 1. The number of hydrogen-bond donors (Lipinski definition) is 1. The van der Waals surface area contributed by atoms with E-state index < -0.39 is 0 Å². The molecule has 0 unspecified atom stereocenters. The zero-order valence-corrected chi connectivity index (χ0v) is 11.6. The van der Waals surface area contributed by atoms with E-state index >= 15 is 0 Å². The Morgan fingerprint density at radius 1 is 1.30 bits per heavy atom. The predicted molar refractivity (Wildman–Crippen MR) is 77.7 cm³/mol. The largest absolute Gasteiger partial charge is 0.494 e. The molecule has 0 aliphatic heterocycles. The number of aryl methyl sites for hydroxylation is 2. The van der Waals surface area contributed by atoms with Gasteiger partial charge in [-0.1, -0.05) is 12.1 Å².